The summed E-state index contributed by atoms with van der Waals surface area (Å²) in [4.78, 5) is 14.4. The Hall–Kier alpha value is -1.61. The Bertz CT molecular complexity index is 545. The zero-order valence-electron chi connectivity index (χ0n) is 12.1. The molecule has 20 heavy (non-hydrogen) atoms. The molecule has 1 aromatic heterocycles. The van der Waals surface area contributed by atoms with Gasteiger partial charge in [-0.15, -0.1) is 11.3 Å². The third-order valence-corrected chi connectivity index (χ3v) is 4.10. The highest BCUT2D eigenvalue weighted by molar-refractivity contribution is 7.12. The lowest BCUT2D eigenvalue weighted by atomic mass is 10.1. The first-order chi connectivity index (χ1) is 9.63. The van der Waals surface area contributed by atoms with Crippen molar-refractivity contribution < 1.29 is 4.79 Å². The van der Waals surface area contributed by atoms with Crippen LogP contribution in [0.25, 0.3) is 0 Å². The van der Waals surface area contributed by atoms with Crippen LogP contribution in [0.4, 0.5) is 0 Å². The molecule has 0 fully saturated rings. The number of carbonyl (C=O) groups is 1. The van der Waals surface area contributed by atoms with E-state index in [9.17, 15) is 4.79 Å². The van der Waals surface area contributed by atoms with Crippen molar-refractivity contribution in [2.75, 3.05) is 0 Å². The summed E-state index contributed by atoms with van der Waals surface area (Å²) in [6.45, 7) is 5.03. The van der Waals surface area contributed by atoms with Crippen molar-refractivity contribution in [3.63, 3.8) is 0 Å². The first-order valence-corrected chi connectivity index (χ1v) is 7.83. The number of nitrogens with one attached hydrogen (secondary N) is 1. The van der Waals surface area contributed by atoms with Gasteiger partial charge in [-0.25, -0.2) is 0 Å². The van der Waals surface area contributed by atoms with Crippen LogP contribution in [0, 0.1) is 5.92 Å². The van der Waals surface area contributed by atoms with E-state index < -0.39 is 0 Å². The zero-order valence-corrected chi connectivity index (χ0v) is 12.9. The second kappa shape index (κ2) is 7.25. The van der Waals surface area contributed by atoms with E-state index in [-0.39, 0.29) is 5.91 Å². The zero-order chi connectivity index (χ0) is 14.4. The van der Waals surface area contributed by atoms with E-state index in [1.165, 1.54) is 4.88 Å². The van der Waals surface area contributed by atoms with Crippen molar-refractivity contribution in [1.82, 2.24) is 5.32 Å². The lowest BCUT2D eigenvalue weighted by Crippen LogP contribution is -2.24. The quantitative estimate of drug-likeness (QED) is 0.860. The van der Waals surface area contributed by atoms with Gasteiger partial charge in [0.05, 0.1) is 6.42 Å². The molecule has 0 aliphatic rings. The molecule has 0 bridgehead atoms. The molecule has 0 saturated carbocycles. The van der Waals surface area contributed by atoms with Crippen LogP contribution in [-0.2, 0) is 24.2 Å². The van der Waals surface area contributed by atoms with Crippen molar-refractivity contribution in [1.29, 1.82) is 0 Å². The molecule has 2 rings (SSSR count). The van der Waals surface area contributed by atoms with Gasteiger partial charge in [0.25, 0.3) is 0 Å². The number of rotatable bonds is 6. The van der Waals surface area contributed by atoms with E-state index in [0.717, 1.165) is 16.9 Å². The molecular weight excluding hydrogens is 266 g/mol. The number of carbonyl (C=O) groups excluding carboxylic acids is 1. The Kier molecular flexibility index (Phi) is 5.36. The second-order valence-electron chi connectivity index (χ2n) is 5.41. The van der Waals surface area contributed by atoms with Gasteiger partial charge in [-0.2, -0.15) is 0 Å². The number of hydrogen-bond donors (Lipinski definition) is 1. The summed E-state index contributed by atoms with van der Waals surface area (Å²) >= 11 is 1.75. The number of benzene rings is 1. The molecule has 0 aliphatic carbocycles. The molecule has 1 heterocycles. The molecule has 2 aromatic rings. The highest BCUT2D eigenvalue weighted by Crippen LogP contribution is 2.20. The summed E-state index contributed by atoms with van der Waals surface area (Å²) in [6, 6.07) is 14.2. The van der Waals surface area contributed by atoms with Gasteiger partial charge >= 0.3 is 0 Å². The summed E-state index contributed by atoms with van der Waals surface area (Å²) in [6.07, 6.45) is 1.58. The van der Waals surface area contributed by atoms with E-state index in [1.54, 1.807) is 11.3 Å². The van der Waals surface area contributed by atoms with Crippen LogP contribution in [0.1, 0.15) is 29.2 Å². The van der Waals surface area contributed by atoms with Crippen molar-refractivity contribution in [3.8, 4) is 0 Å². The predicted octanol–water partition coefficient (Wildman–Crippen LogP) is 3.81. The van der Waals surface area contributed by atoms with Crippen LogP contribution in [-0.4, -0.2) is 5.91 Å². The van der Waals surface area contributed by atoms with Crippen molar-refractivity contribution >= 4 is 17.2 Å². The Morgan fingerprint density at radius 1 is 1.10 bits per heavy atom. The SMILES string of the molecule is CC(C)Cc1ccc(CC(=O)NCc2ccccc2)s1. The minimum atomic E-state index is 0.0896. The standard InChI is InChI=1S/C17H21NOS/c1-13(2)10-15-8-9-16(20-15)11-17(19)18-12-14-6-4-3-5-7-14/h3-9,13H,10-12H2,1-2H3,(H,18,19). The average Bonchev–Trinajstić information content (AvgIpc) is 2.84. The molecule has 1 N–H and O–H groups in total. The van der Waals surface area contributed by atoms with Gasteiger partial charge in [0.15, 0.2) is 0 Å². The van der Waals surface area contributed by atoms with Gasteiger partial charge in [0.1, 0.15) is 0 Å². The van der Waals surface area contributed by atoms with Crippen LogP contribution < -0.4 is 5.32 Å². The maximum absolute atomic E-state index is 11.9. The van der Waals surface area contributed by atoms with Gasteiger partial charge in [-0.05, 0) is 30.0 Å². The number of thiophene rings is 1. The molecular formula is C17H21NOS. The molecule has 1 aromatic carbocycles. The molecule has 1 amide bonds. The van der Waals surface area contributed by atoms with E-state index in [4.69, 9.17) is 0 Å². The fraction of sp³-hybridized carbons (Fsp3) is 0.353. The molecule has 0 unspecified atom stereocenters. The lowest BCUT2D eigenvalue weighted by Gasteiger charge is -2.04. The maximum atomic E-state index is 11.9. The van der Waals surface area contributed by atoms with E-state index in [1.807, 2.05) is 30.3 Å². The lowest BCUT2D eigenvalue weighted by molar-refractivity contribution is -0.120. The first kappa shape index (κ1) is 14.8. The summed E-state index contributed by atoms with van der Waals surface area (Å²) < 4.78 is 0. The molecule has 0 radical (unpaired) electrons. The molecule has 0 saturated heterocycles. The molecule has 0 atom stereocenters. The smallest absolute Gasteiger partial charge is 0.225 e. The second-order valence-corrected chi connectivity index (χ2v) is 6.66. The van der Waals surface area contributed by atoms with Crippen LogP contribution in [0.2, 0.25) is 0 Å². The Morgan fingerprint density at radius 2 is 1.80 bits per heavy atom. The number of amides is 1. The van der Waals surface area contributed by atoms with E-state index >= 15 is 0 Å². The van der Waals surface area contributed by atoms with Crippen molar-refractivity contribution in [3.05, 3.63) is 57.8 Å². The van der Waals surface area contributed by atoms with Gasteiger partial charge in [-0.1, -0.05) is 44.2 Å². The number of hydrogen-bond acceptors (Lipinski definition) is 2. The summed E-state index contributed by atoms with van der Waals surface area (Å²) in [7, 11) is 0. The Morgan fingerprint density at radius 3 is 2.50 bits per heavy atom. The van der Waals surface area contributed by atoms with E-state index in [2.05, 4.69) is 31.3 Å². The molecule has 3 heteroatoms. The molecule has 0 aliphatic heterocycles. The summed E-state index contributed by atoms with van der Waals surface area (Å²) in [5, 5.41) is 2.97. The minimum Gasteiger partial charge on any atom is -0.352 e. The summed E-state index contributed by atoms with van der Waals surface area (Å²) in [5.41, 5.74) is 1.13. The van der Waals surface area contributed by atoms with Crippen LogP contribution in [0.5, 0.6) is 0 Å². The van der Waals surface area contributed by atoms with Gasteiger partial charge in [0, 0.05) is 16.3 Å². The highest BCUT2D eigenvalue weighted by atomic mass is 32.1. The van der Waals surface area contributed by atoms with E-state index in [0.29, 0.717) is 18.9 Å². The monoisotopic (exact) mass is 287 g/mol. The molecule has 0 spiro atoms. The molecule has 2 nitrogen and oxygen atoms in total. The largest absolute Gasteiger partial charge is 0.352 e. The molecule has 106 valence electrons. The van der Waals surface area contributed by atoms with Gasteiger partial charge in [-0.3, -0.25) is 4.79 Å². The van der Waals surface area contributed by atoms with Crippen molar-refractivity contribution in [2.24, 2.45) is 5.92 Å². The minimum absolute atomic E-state index is 0.0896. The van der Waals surface area contributed by atoms with Crippen LogP contribution >= 0.6 is 11.3 Å². The normalized spacial score (nSPS) is 10.8. The van der Waals surface area contributed by atoms with Gasteiger partial charge in [0.2, 0.25) is 5.91 Å². The summed E-state index contributed by atoms with van der Waals surface area (Å²) in [5.74, 6) is 0.750. The highest BCUT2D eigenvalue weighted by Gasteiger charge is 2.07. The third-order valence-electron chi connectivity index (χ3n) is 2.99. The van der Waals surface area contributed by atoms with Crippen molar-refractivity contribution in [2.45, 2.75) is 33.2 Å². The predicted molar refractivity (Wildman–Crippen MR) is 84.9 cm³/mol. The Balaban J connectivity index is 1.81. The third kappa shape index (κ3) is 4.82. The topological polar surface area (TPSA) is 29.1 Å². The fourth-order valence-corrected chi connectivity index (χ4v) is 3.28. The average molecular weight is 287 g/mol. The fourth-order valence-electron chi connectivity index (χ4n) is 2.05. The van der Waals surface area contributed by atoms with Gasteiger partial charge < -0.3 is 5.32 Å². The van der Waals surface area contributed by atoms with Crippen LogP contribution in [0.15, 0.2) is 42.5 Å². The first-order valence-electron chi connectivity index (χ1n) is 7.01. The maximum Gasteiger partial charge on any atom is 0.225 e. The van der Waals surface area contributed by atoms with Crippen LogP contribution in [0.3, 0.4) is 0 Å². The Labute approximate surface area is 124 Å².